The van der Waals surface area contributed by atoms with Gasteiger partial charge in [-0.05, 0) is 0 Å². The molecule has 1 aromatic carbocycles. The molecule has 1 unspecified atom stereocenters. The van der Waals surface area contributed by atoms with E-state index in [2.05, 4.69) is 4.74 Å². The zero-order chi connectivity index (χ0) is 14.1. The Bertz CT molecular complexity index is 450. The summed E-state index contributed by atoms with van der Waals surface area (Å²) in [5, 5.41) is 0. The maximum atomic E-state index is 13.1. The molecule has 18 heavy (non-hydrogen) atoms. The lowest BCUT2D eigenvalue weighted by Gasteiger charge is -2.15. The van der Waals surface area contributed by atoms with E-state index in [4.69, 9.17) is 5.73 Å². The number of hydrogen-bond acceptors (Lipinski definition) is 3. The van der Waals surface area contributed by atoms with Gasteiger partial charge in [0.05, 0.1) is 5.56 Å². The summed E-state index contributed by atoms with van der Waals surface area (Å²) in [5.74, 6) is -7.12. The number of rotatable bonds is 2. The van der Waals surface area contributed by atoms with Crippen LogP contribution in [0.5, 0.6) is 0 Å². The van der Waals surface area contributed by atoms with Crippen molar-refractivity contribution in [2.45, 2.75) is 12.4 Å². The summed E-state index contributed by atoms with van der Waals surface area (Å²) < 4.78 is 77.7. The minimum absolute atomic E-state index is 0.194. The topological polar surface area (TPSA) is 52.3 Å². The second-order valence-electron chi connectivity index (χ2n) is 3.11. The summed E-state index contributed by atoms with van der Waals surface area (Å²) in [6.07, 6.45) is -7.69. The predicted octanol–water partition coefficient (Wildman–Crippen LogP) is 2.17. The van der Waals surface area contributed by atoms with Gasteiger partial charge in [0.1, 0.15) is 17.5 Å². The Labute approximate surface area is 96.1 Å². The van der Waals surface area contributed by atoms with Gasteiger partial charge in [0.2, 0.25) is 0 Å². The molecule has 0 aliphatic heterocycles. The standard InChI is InChI=1S/C9H5F6NO2/c10-3-1-4(11)6(5(12)2-3)7(16)18-8(17)9(13,14)15/h1-2,7H,16H2. The van der Waals surface area contributed by atoms with Crippen LogP contribution in [0.3, 0.4) is 0 Å². The van der Waals surface area contributed by atoms with Crippen molar-refractivity contribution in [3.8, 4) is 0 Å². The van der Waals surface area contributed by atoms with Gasteiger partial charge in [-0.15, -0.1) is 0 Å². The smallest absolute Gasteiger partial charge is 0.436 e. The van der Waals surface area contributed by atoms with Crippen LogP contribution in [0, 0.1) is 17.5 Å². The van der Waals surface area contributed by atoms with Gasteiger partial charge >= 0.3 is 12.1 Å². The minimum Gasteiger partial charge on any atom is -0.436 e. The molecule has 0 spiro atoms. The fourth-order valence-electron chi connectivity index (χ4n) is 1.07. The summed E-state index contributed by atoms with van der Waals surface area (Å²) in [4.78, 5) is 10.4. The fraction of sp³-hybridized carbons (Fsp3) is 0.222. The minimum atomic E-state index is -5.36. The molecule has 0 heterocycles. The molecule has 0 aliphatic rings. The van der Waals surface area contributed by atoms with Crippen molar-refractivity contribution >= 4 is 5.97 Å². The van der Waals surface area contributed by atoms with Crippen LogP contribution >= 0.6 is 0 Å². The molecule has 1 atom stereocenters. The molecule has 100 valence electrons. The number of halogens is 6. The van der Waals surface area contributed by atoms with Gasteiger partial charge < -0.3 is 4.74 Å². The van der Waals surface area contributed by atoms with E-state index in [0.717, 1.165) is 0 Å². The average Bonchev–Trinajstić information content (AvgIpc) is 2.13. The highest BCUT2D eigenvalue weighted by atomic mass is 19.4. The monoisotopic (exact) mass is 273 g/mol. The highest BCUT2D eigenvalue weighted by Crippen LogP contribution is 2.25. The summed E-state index contributed by atoms with van der Waals surface area (Å²) >= 11 is 0. The second kappa shape index (κ2) is 4.84. The van der Waals surface area contributed by atoms with Gasteiger partial charge in [0.25, 0.3) is 0 Å². The number of alkyl halides is 3. The molecule has 2 N–H and O–H groups in total. The van der Waals surface area contributed by atoms with Gasteiger partial charge in [0.15, 0.2) is 6.23 Å². The van der Waals surface area contributed by atoms with Gasteiger partial charge in [-0.25, -0.2) is 18.0 Å². The molecule has 1 rings (SSSR count). The molecule has 0 saturated heterocycles. The molecular formula is C9H5F6NO2. The quantitative estimate of drug-likeness (QED) is 0.510. The average molecular weight is 273 g/mol. The first-order valence-corrected chi connectivity index (χ1v) is 4.30. The van der Waals surface area contributed by atoms with E-state index in [0.29, 0.717) is 0 Å². The van der Waals surface area contributed by atoms with Crippen molar-refractivity contribution in [1.29, 1.82) is 0 Å². The first-order valence-electron chi connectivity index (χ1n) is 4.30. The first kappa shape index (κ1) is 14.3. The Balaban J connectivity index is 2.99. The molecule has 1 aromatic rings. The van der Waals surface area contributed by atoms with Crippen molar-refractivity contribution in [1.82, 2.24) is 0 Å². The number of benzene rings is 1. The molecule has 0 radical (unpaired) electrons. The van der Waals surface area contributed by atoms with Crippen LogP contribution in [0.25, 0.3) is 0 Å². The molecule has 3 nitrogen and oxygen atoms in total. The van der Waals surface area contributed by atoms with E-state index in [1.165, 1.54) is 0 Å². The van der Waals surface area contributed by atoms with E-state index in [1.54, 1.807) is 0 Å². The van der Waals surface area contributed by atoms with Crippen LogP contribution in [0.15, 0.2) is 12.1 Å². The van der Waals surface area contributed by atoms with Crippen molar-refractivity contribution in [2.24, 2.45) is 5.73 Å². The summed E-state index contributed by atoms with van der Waals surface area (Å²) in [7, 11) is 0. The molecule has 0 bridgehead atoms. The van der Waals surface area contributed by atoms with Crippen molar-refractivity contribution < 1.29 is 35.9 Å². The van der Waals surface area contributed by atoms with Crippen LogP contribution in [0.1, 0.15) is 11.8 Å². The van der Waals surface area contributed by atoms with Crippen LogP contribution < -0.4 is 5.73 Å². The molecule has 0 fully saturated rings. The maximum absolute atomic E-state index is 13.1. The Kier molecular flexibility index (Phi) is 3.85. The van der Waals surface area contributed by atoms with Crippen molar-refractivity contribution in [3.05, 3.63) is 35.1 Å². The number of carbonyl (C=O) groups excluding carboxylic acids is 1. The summed E-state index contributed by atoms with van der Waals surface area (Å²) in [6, 6.07) is 0.388. The lowest BCUT2D eigenvalue weighted by atomic mass is 10.1. The van der Waals surface area contributed by atoms with Crippen LogP contribution in [-0.4, -0.2) is 12.1 Å². The Morgan fingerprint density at radius 1 is 1.17 bits per heavy atom. The number of hydrogen-bond donors (Lipinski definition) is 1. The third-order valence-corrected chi connectivity index (χ3v) is 1.79. The van der Waals surface area contributed by atoms with Gasteiger partial charge in [0, 0.05) is 12.1 Å². The molecular weight excluding hydrogens is 268 g/mol. The normalized spacial score (nSPS) is 13.3. The molecule has 9 heteroatoms. The highest BCUT2D eigenvalue weighted by molar-refractivity contribution is 5.75. The Hall–Kier alpha value is -1.77. The predicted molar refractivity (Wildman–Crippen MR) is 45.4 cm³/mol. The van der Waals surface area contributed by atoms with E-state index in [-0.39, 0.29) is 12.1 Å². The van der Waals surface area contributed by atoms with E-state index >= 15 is 0 Å². The summed E-state index contributed by atoms with van der Waals surface area (Å²) in [6.45, 7) is 0. The zero-order valence-electron chi connectivity index (χ0n) is 8.39. The van der Waals surface area contributed by atoms with Gasteiger partial charge in [-0.1, -0.05) is 0 Å². The van der Waals surface area contributed by atoms with Crippen LogP contribution in [0.4, 0.5) is 26.3 Å². The SMILES string of the molecule is NC(OC(=O)C(F)(F)F)c1c(F)cc(F)cc1F. The van der Waals surface area contributed by atoms with Crippen LogP contribution in [-0.2, 0) is 9.53 Å². The zero-order valence-corrected chi connectivity index (χ0v) is 8.39. The number of esters is 1. The molecule has 0 saturated carbocycles. The van der Waals surface area contributed by atoms with E-state index < -0.39 is 41.4 Å². The second-order valence-corrected chi connectivity index (χ2v) is 3.11. The maximum Gasteiger partial charge on any atom is 0.490 e. The number of ether oxygens (including phenoxy) is 1. The lowest BCUT2D eigenvalue weighted by molar-refractivity contribution is -0.205. The first-order chi connectivity index (χ1) is 8.12. The number of carbonyl (C=O) groups is 1. The third kappa shape index (κ3) is 3.13. The Morgan fingerprint density at radius 2 is 1.61 bits per heavy atom. The van der Waals surface area contributed by atoms with Crippen LogP contribution in [0.2, 0.25) is 0 Å². The molecule has 0 amide bonds. The van der Waals surface area contributed by atoms with E-state index in [1.807, 2.05) is 0 Å². The Morgan fingerprint density at radius 3 is 2.00 bits per heavy atom. The largest absolute Gasteiger partial charge is 0.490 e. The highest BCUT2D eigenvalue weighted by Gasteiger charge is 2.42. The lowest BCUT2D eigenvalue weighted by Crippen LogP contribution is -2.30. The van der Waals surface area contributed by atoms with Crippen molar-refractivity contribution in [3.63, 3.8) is 0 Å². The van der Waals surface area contributed by atoms with E-state index in [9.17, 15) is 31.1 Å². The van der Waals surface area contributed by atoms with Gasteiger partial charge in [-0.2, -0.15) is 13.2 Å². The third-order valence-electron chi connectivity index (χ3n) is 1.79. The number of nitrogens with two attached hydrogens (primary N) is 1. The molecule has 0 aliphatic carbocycles. The molecule has 0 aromatic heterocycles. The van der Waals surface area contributed by atoms with Gasteiger partial charge in [-0.3, -0.25) is 5.73 Å². The summed E-state index contributed by atoms with van der Waals surface area (Å²) in [5.41, 5.74) is 3.73. The van der Waals surface area contributed by atoms with Crippen molar-refractivity contribution in [2.75, 3.05) is 0 Å². The fourth-order valence-corrected chi connectivity index (χ4v) is 1.07.